The van der Waals surface area contributed by atoms with E-state index < -0.39 is 11.0 Å². The fourth-order valence-corrected chi connectivity index (χ4v) is 2.23. The number of benzene rings is 1. The van der Waals surface area contributed by atoms with E-state index in [2.05, 4.69) is 0 Å². The molecule has 1 aliphatic heterocycles. The zero-order valence-electron chi connectivity index (χ0n) is 9.90. The van der Waals surface area contributed by atoms with Crippen LogP contribution in [0.25, 0.3) is 0 Å². The summed E-state index contributed by atoms with van der Waals surface area (Å²) >= 11 is 0. The van der Waals surface area contributed by atoms with E-state index in [-0.39, 0.29) is 18.2 Å². The maximum atomic E-state index is 10.5. The second kappa shape index (κ2) is 5.43. The Hall–Kier alpha value is -1.50. The van der Waals surface area contributed by atoms with Crippen molar-refractivity contribution in [2.75, 3.05) is 19.7 Å². The van der Waals surface area contributed by atoms with Crippen LogP contribution in [-0.2, 0) is 6.54 Å². The van der Waals surface area contributed by atoms with E-state index in [9.17, 15) is 15.2 Å². The molecule has 6 nitrogen and oxygen atoms in total. The van der Waals surface area contributed by atoms with Gasteiger partial charge in [0.25, 0.3) is 5.69 Å². The molecule has 18 heavy (non-hydrogen) atoms. The lowest BCUT2D eigenvalue weighted by Gasteiger charge is -2.14. The van der Waals surface area contributed by atoms with E-state index >= 15 is 0 Å². The molecule has 0 spiro atoms. The molecule has 1 unspecified atom stereocenters. The van der Waals surface area contributed by atoms with Crippen LogP contribution < -0.4 is 0 Å². The van der Waals surface area contributed by atoms with Gasteiger partial charge >= 0.3 is 0 Å². The average Bonchev–Trinajstić information content (AvgIpc) is 2.70. The summed E-state index contributed by atoms with van der Waals surface area (Å²) in [6.45, 7) is 1.79. The Bertz CT molecular complexity index is 421. The van der Waals surface area contributed by atoms with Crippen molar-refractivity contribution in [3.8, 4) is 0 Å². The molecule has 1 saturated heterocycles. The van der Waals surface area contributed by atoms with Crippen LogP contribution in [0.5, 0.6) is 0 Å². The minimum Gasteiger partial charge on any atom is -0.396 e. The number of non-ortho nitro benzene ring substituents is 1. The SMILES string of the molecule is O=[N+]([O-])c1ccc(CN2CC(O)[C@@H](CO)C2)cc1. The molecule has 0 amide bonds. The van der Waals surface area contributed by atoms with Crippen molar-refractivity contribution in [2.45, 2.75) is 12.6 Å². The van der Waals surface area contributed by atoms with Gasteiger partial charge in [-0.15, -0.1) is 0 Å². The minimum atomic E-state index is -0.493. The summed E-state index contributed by atoms with van der Waals surface area (Å²) in [6.07, 6.45) is -0.493. The molecule has 1 aromatic rings. The summed E-state index contributed by atoms with van der Waals surface area (Å²) in [5, 5.41) is 29.2. The maximum absolute atomic E-state index is 10.5. The highest BCUT2D eigenvalue weighted by Crippen LogP contribution is 2.20. The van der Waals surface area contributed by atoms with E-state index in [1.54, 1.807) is 12.1 Å². The predicted octanol–water partition coefficient (Wildman–Crippen LogP) is 0.380. The molecule has 2 N–H and O–H groups in total. The van der Waals surface area contributed by atoms with Crippen LogP contribution in [0.3, 0.4) is 0 Å². The third-order valence-corrected chi connectivity index (χ3v) is 3.27. The first-order valence-electron chi connectivity index (χ1n) is 5.84. The zero-order chi connectivity index (χ0) is 13.1. The van der Waals surface area contributed by atoms with E-state index in [0.29, 0.717) is 19.6 Å². The number of aliphatic hydroxyl groups is 2. The molecule has 0 aromatic heterocycles. The third-order valence-electron chi connectivity index (χ3n) is 3.27. The fraction of sp³-hybridized carbons (Fsp3) is 0.500. The summed E-state index contributed by atoms with van der Waals surface area (Å²) in [5.41, 5.74) is 1.04. The van der Waals surface area contributed by atoms with Crippen molar-refractivity contribution in [1.82, 2.24) is 4.90 Å². The fourth-order valence-electron chi connectivity index (χ4n) is 2.23. The first-order chi connectivity index (χ1) is 8.60. The standard InChI is InChI=1S/C12H16N2O4/c15-8-10-6-13(7-12(10)16)5-9-1-3-11(4-2-9)14(17)18/h1-4,10,12,15-16H,5-8H2/t10-,12?/m1/s1. The normalized spacial score (nSPS) is 24.3. The highest BCUT2D eigenvalue weighted by atomic mass is 16.6. The van der Waals surface area contributed by atoms with Crippen LogP contribution in [0.15, 0.2) is 24.3 Å². The quantitative estimate of drug-likeness (QED) is 0.597. The van der Waals surface area contributed by atoms with Crippen LogP contribution >= 0.6 is 0 Å². The van der Waals surface area contributed by atoms with Gasteiger partial charge < -0.3 is 10.2 Å². The number of hydrogen-bond donors (Lipinski definition) is 2. The van der Waals surface area contributed by atoms with Gasteiger partial charge in [0.1, 0.15) is 0 Å². The molecule has 6 heteroatoms. The molecule has 1 heterocycles. The van der Waals surface area contributed by atoms with Crippen molar-refractivity contribution in [2.24, 2.45) is 5.92 Å². The Morgan fingerprint density at radius 3 is 2.50 bits per heavy atom. The highest BCUT2D eigenvalue weighted by molar-refractivity contribution is 5.32. The number of nitro groups is 1. The second-order valence-electron chi connectivity index (χ2n) is 4.63. The van der Waals surface area contributed by atoms with Gasteiger partial charge in [0.15, 0.2) is 0 Å². The molecule has 1 aliphatic rings. The van der Waals surface area contributed by atoms with Crippen LogP contribution in [0, 0.1) is 16.0 Å². The van der Waals surface area contributed by atoms with Crippen molar-refractivity contribution >= 4 is 5.69 Å². The first kappa shape index (κ1) is 12.9. The van der Waals surface area contributed by atoms with Gasteiger partial charge in [0.2, 0.25) is 0 Å². The molecule has 0 aliphatic carbocycles. The molecule has 0 radical (unpaired) electrons. The number of β-amino-alcohol motifs (C(OH)–C–C–N with tert-alkyl or cyclic N) is 1. The zero-order valence-corrected chi connectivity index (χ0v) is 9.90. The van der Waals surface area contributed by atoms with E-state index in [1.807, 2.05) is 4.90 Å². The van der Waals surface area contributed by atoms with E-state index in [0.717, 1.165) is 5.56 Å². The highest BCUT2D eigenvalue weighted by Gasteiger charge is 2.30. The average molecular weight is 252 g/mol. The van der Waals surface area contributed by atoms with Crippen molar-refractivity contribution < 1.29 is 15.1 Å². The van der Waals surface area contributed by atoms with Gasteiger partial charge in [-0.3, -0.25) is 15.0 Å². The number of likely N-dealkylation sites (tertiary alicyclic amines) is 1. The Morgan fingerprint density at radius 1 is 1.33 bits per heavy atom. The summed E-state index contributed by atoms with van der Waals surface area (Å²) < 4.78 is 0. The Labute approximate surface area is 105 Å². The van der Waals surface area contributed by atoms with Crippen LogP contribution in [0.2, 0.25) is 0 Å². The van der Waals surface area contributed by atoms with Crippen molar-refractivity contribution in [1.29, 1.82) is 0 Å². The smallest absolute Gasteiger partial charge is 0.269 e. The maximum Gasteiger partial charge on any atom is 0.269 e. The monoisotopic (exact) mass is 252 g/mol. The summed E-state index contributed by atoms with van der Waals surface area (Å²) in [4.78, 5) is 12.1. The number of hydrogen-bond acceptors (Lipinski definition) is 5. The van der Waals surface area contributed by atoms with Gasteiger partial charge in [-0.1, -0.05) is 12.1 Å². The first-order valence-corrected chi connectivity index (χ1v) is 5.84. The number of nitrogens with zero attached hydrogens (tertiary/aromatic N) is 2. The van der Waals surface area contributed by atoms with Crippen LogP contribution in [0.1, 0.15) is 5.56 Å². The van der Waals surface area contributed by atoms with Gasteiger partial charge in [-0.05, 0) is 5.56 Å². The second-order valence-corrected chi connectivity index (χ2v) is 4.63. The van der Waals surface area contributed by atoms with E-state index in [4.69, 9.17) is 5.11 Å². The lowest BCUT2D eigenvalue weighted by Crippen LogP contribution is -2.21. The molecule has 98 valence electrons. The van der Waals surface area contributed by atoms with Gasteiger partial charge in [0.05, 0.1) is 11.0 Å². The molecular formula is C12H16N2O4. The van der Waals surface area contributed by atoms with E-state index in [1.165, 1.54) is 12.1 Å². The molecular weight excluding hydrogens is 236 g/mol. The largest absolute Gasteiger partial charge is 0.396 e. The third kappa shape index (κ3) is 2.84. The van der Waals surface area contributed by atoms with Crippen molar-refractivity contribution in [3.05, 3.63) is 39.9 Å². The summed E-state index contributed by atoms with van der Waals surface area (Å²) in [5.74, 6) is -0.0944. The molecule has 2 rings (SSSR count). The molecule has 0 bridgehead atoms. The van der Waals surface area contributed by atoms with Crippen LogP contribution in [0.4, 0.5) is 5.69 Å². The topological polar surface area (TPSA) is 86.8 Å². The van der Waals surface area contributed by atoms with Crippen molar-refractivity contribution in [3.63, 3.8) is 0 Å². The Kier molecular flexibility index (Phi) is 3.90. The lowest BCUT2D eigenvalue weighted by molar-refractivity contribution is -0.384. The molecule has 2 atom stereocenters. The molecule has 1 aromatic carbocycles. The predicted molar refractivity (Wildman–Crippen MR) is 65.0 cm³/mol. The lowest BCUT2D eigenvalue weighted by atomic mass is 10.1. The minimum absolute atomic E-state index is 0.0159. The Morgan fingerprint density at radius 2 is 2.00 bits per heavy atom. The van der Waals surface area contributed by atoms with Gasteiger partial charge in [-0.25, -0.2) is 0 Å². The summed E-state index contributed by atoms with van der Waals surface area (Å²) in [6, 6.07) is 6.39. The summed E-state index contributed by atoms with van der Waals surface area (Å²) in [7, 11) is 0. The molecule has 1 fully saturated rings. The van der Waals surface area contributed by atoms with Gasteiger partial charge in [-0.2, -0.15) is 0 Å². The van der Waals surface area contributed by atoms with Crippen LogP contribution in [-0.4, -0.2) is 45.8 Å². The number of rotatable bonds is 4. The Balaban J connectivity index is 1.96. The number of aliphatic hydroxyl groups excluding tert-OH is 2. The molecule has 0 saturated carbocycles. The number of nitro benzene ring substituents is 1. The van der Waals surface area contributed by atoms with Gasteiger partial charge in [0, 0.05) is 44.3 Å².